The quantitative estimate of drug-likeness (QED) is 0.475. The van der Waals surface area contributed by atoms with Crippen molar-refractivity contribution in [2.45, 2.75) is 58.5 Å². The maximum absolute atomic E-state index is 14.5. The van der Waals surface area contributed by atoms with Gasteiger partial charge in [0.2, 0.25) is 0 Å². The van der Waals surface area contributed by atoms with Crippen molar-refractivity contribution >= 4 is 17.4 Å². The number of fused-ring (bicyclic) bond motifs is 5. The van der Waals surface area contributed by atoms with E-state index in [0.29, 0.717) is 17.3 Å². The van der Waals surface area contributed by atoms with Crippen molar-refractivity contribution < 1.29 is 9.18 Å². The van der Waals surface area contributed by atoms with E-state index < -0.39 is 6.17 Å². The average molecular weight is 351 g/mol. The second-order valence-corrected chi connectivity index (χ2v) is 9.33. The number of halogens is 2. The van der Waals surface area contributed by atoms with E-state index in [-0.39, 0.29) is 11.2 Å². The Balaban J connectivity index is 1.68. The molecule has 0 heterocycles. The minimum Gasteiger partial charge on any atom is -0.291 e. The molecule has 2 saturated carbocycles. The van der Waals surface area contributed by atoms with E-state index in [2.05, 4.69) is 19.9 Å². The molecule has 4 aliphatic rings. The minimum atomic E-state index is -1.41. The van der Waals surface area contributed by atoms with Gasteiger partial charge in [-0.3, -0.25) is 4.79 Å². The van der Waals surface area contributed by atoms with Gasteiger partial charge in [0, 0.05) is 11.3 Å². The number of carbonyl (C=O) groups excluding carboxylic acids is 1. The first-order chi connectivity index (χ1) is 11.4. The van der Waals surface area contributed by atoms with Crippen molar-refractivity contribution in [3.05, 3.63) is 23.8 Å². The molecule has 0 amide bonds. The molecule has 0 spiro atoms. The van der Waals surface area contributed by atoms with Crippen LogP contribution in [0.15, 0.2) is 23.8 Å². The number of allylic oxidation sites excluding steroid dienone is 4. The van der Waals surface area contributed by atoms with Crippen LogP contribution in [-0.4, -0.2) is 17.8 Å². The highest BCUT2D eigenvalue weighted by molar-refractivity contribution is 6.17. The Morgan fingerprint density at radius 1 is 1.25 bits per heavy atom. The van der Waals surface area contributed by atoms with Crippen LogP contribution in [0.1, 0.15) is 52.4 Å². The molecule has 4 rings (SSSR count). The lowest BCUT2D eigenvalue weighted by molar-refractivity contribution is -0.119. The van der Waals surface area contributed by atoms with Gasteiger partial charge in [-0.2, -0.15) is 0 Å². The lowest BCUT2D eigenvalue weighted by atomic mass is 9.48. The summed E-state index contributed by atoms with van der Waals surface area (Å²) in [6.45, 7) is 4.65. The first kappa shape index (κ1) is 16.8. The second-order valence-electron chi connectivity index (χ2n) is 8.95. The summed E-state index contributed by atoms with van der Waals surface area (Å²) < 4.78 is 14.5. The van der Waals surface area contributed by atoms with Gasteiger partial charge in [-0.25, -0.2) is 4.39 Å². The molecule has 24 heavy (non-hydrogen) atoms. The number of ketones is 1. The van der Waals surface area contributed by atoms with E-state index in [0.717, 1.165) is 42.6 Å². The van der Waals surface area contributed by atoms with E-state index in [1.165, 1.54) is 25.3 Å². The van der Waals surface area contributed by atoms with Gasteiger partial charge in [-0.1, -0.05) is 26.0 Å². The summed E-state index contributed by atoms with van der Waals surface area (Å²) in [5, 5.41) is 0. The van der Waals surface area contributed by atoms with Crippen LogP contribution in [0.3, 0.4) is 0 Å². The Labute approximate surface area is 149 Å². The van der Waals surface area contributed by atoms with Crippen LogP contribution in [-0.2, 0) is 4.79 Å². The maximum Gasteiger partial charge on any atom is 0.193 e. The van der Waals surface area contributed by atoms with Gasteiger partial charge in [0.25, 0.3) is 0 Å². The highest BCUT2D eigenvalue weighted by atomic mass is 35.5. The summed E-state index contributed by atoms with van der Waals surface area (Å²) in [4.78, 5) is 11.8. The van der Waals surface area contributed by atoms with Gasteiger partial charge in [-0.15, -0.1) is 11.6 Å². The SMILES string of the molecule is C[C@]12CC[C@H]3[C@@H](CC=C4[C@H](F)C(=O)C=C[C@@]43C)[C@@H]1CC[C@@H]2CCCl. The molecular weight excluding hydrogens is 323 g/mol. The molecule has 0 unspecified atom stereocenters. The van der Waals surface area contributed by atoms with E-state index >= 15 is 0 Å². The number of hydrogen-bond donors (Lipinski definition) is 0. The molecule has 0 saturated heterocycles. The molecule has 1 nitrogen and oxygen atoms in total. The van der Waals surface area contributed by atoms with Crippen LogP contribution in [0.5, 0.6) is 0 Å². The smallest absolute Gasteiger partial charge is 0.193 e. The van der Waals surface area contributed by atoms with Gasteiger partial charge in [0.15, 0.2) is 12.0 Å². The lowest BCUT2D eigenvalue weighted by Gasteiger charge is -2.56. The molecule has 4 aliphatic carbocycles. The molecule has 0 N–H and O–H groups in total. The first-order valence-electron chi connectivity index (χ1n) is 9.55. The predicted molar refractivity (Wildman–Crippen MR) is 95.7 cm³/mol. The molecule has 7 atom stereocenters. The Hall–Kier alpha value is -0.630. The van der Waals surface area contributed by atoms with Gasteiger partial charge >= 0.3 is 0 Å². The van der Waals surface area contributed by atoms with E-state index in [1.54, 1.807) is 0 Å². The normalized spacial score (nSPS) is 50.1. The third kappa shape index (κ3) is 2.14. The molecule has 0 aromatic carbocycles. The maximum atomic E-state index is 14.5. The average Bonchev–Trinajstić information content (AvgIpc) is 2.89. The fourth-order valence-electron chi connectivity index (χ4n) is 6.86. The zero-order chi connectivity index (χ0) is 17.1. The summed E-state index contributed by atoms with van der Waals surface area (Å²) in [6, 6.07) is 0. The molecule has 0 aliphatic heterocycles. The van der Waals surface area contributed by atoms with Gasteiger partial charge in [0.1, 0.15) is 0 Å². The first-order valence-corrected chi connectivity index (χ1v) is 10.1. The van der Waals surface area contributed by atoms with Gasteiger partial charge < -0.3 is 0 Å². The van der Waals surface area contributed by atoms with Crippen LogP contribution in [0.4, 0.5) is 4.39 Å². The molecule has 2 fully saturated rings. The van der Waals surface area contributed by atoms with Crippen molar-refractivity contribution in [2.24, 2.45) is 34.5 Å². The molecule has 0 bridgehead atoms. The van der Waals surface area contributed by atoms with Crippen molar-refractivity contribution in [3.8, 4) is 0 Å². The Bertz CT molecular complexity index is 611. The Kier molecular flexibility index (Phi) is 3.99. The predicted octanol–water partition coefficient (Wildman–Crippen LogP) is 5.49. The van der Waals surface area contributed by atoms with Crippen LogP contribution < -0.4 is 0 Å². The summed E-state index contributed by atoms with van der Waals surface area (Å²) in [5.74, 6) is 2.97. The van der Waals surface area contributed by atoms with E-state index in [9.17, 15) is 9.18 Å². The molecule has 0 aromatic heterocycles. The monoisotopic (exact) mass is 350 g/mol. The van der Waals surface area contributed by atoms with Gasteiger partial charge in [0.05, 0.1) is 0 Å². The molecule has 0 radical (unpaired) electrons. The van der Waals surface area contributed by atoms with Gasteiger partial charge in [-0.05, 0) is 79.3 Å². The summed E-state index contributed by atoms with van der Waals surface area (Å²) >= 11 is 6.06. The highest BCUT2D eigenvalue weighted by Gasteiger charge is 2.58. The van der Waals surface area contributed by atoms with Crippen molar-refractivity contribution in [2.75, 3.05) is 5.88 Å². The molecule has 3 heteroatoms. The largest absolute Gasteiger partial charge is 0.291 e. The number of carbonyl (C=O) groups is 1. The minimum absolute atomic E-state index is 0.262. The van der Waals surface area contributed by atoms with Crippen molar-refractivity contribution in [1.29, 1.82) is 0 Å². The highest BCUT2D eigenvalue weighted by Crippen LogP contribution is 2.65. The molecule has 0 aromatic rings. The fourth-order valence-corrected chi connectivity index (χ4v) is 7.13. The lowest BCUT2D eigenvalue weighted by Crippen LogP contribution is -2.50. The second kappa shape index (κ2) is 5.69. The van der Waals surface area contributed by atoms with Crippen LogP contribution >= 0.6 is 11.6 Å². The number of hydrogen-bond acceptors (Lipinski definition) is 1. The van der Waals surface area contributed by atoms with Crippen molar-refractivity contribution in [3.63, 3.8) is 0 Å². The molecular formula is C21H28ClFO. The van der Waals surface area contributed by atoms with E-state index in [1.807, 2.05) is 6.08 Å². The summed E-state index contributed by atoms with van der Waals surface area (Å²) in [7, 11) is 0. The summed E-state index contributed by atoms with van der Waals surface area (Å²) in [5.41, 5.74) is 0.888. The zero-order valence-electron chi connectivity index (χ0n) is 14.7. The third-order valence-electron chi connectivity index (χ3n) is 8.21. The fraction of sp³-hybridized carbons (Fsp3) is 0.762. The topological polar surface area (TPSA) is 17.1 Å². The van der Waals surface area contributed by atoms with Crippen LogP contribution in [0.2, 0.25) is 0 Å². The molecule has 132 valence electrons. The third-order valence-corrected chi connectivity index (χ3v) is 8.43. The zero-order valence-corrected chi connectivity index (χ0v) is 15.5. The number of rotatable bonds is 2. The summed E-state index contributed by atoms with van der Waals surface area (Å²) in [6.07, 6.45) is 11.2. The Morgan fingerprint density at radius 3 is 2.79 bits per heavy atom. The van der Waals surface area contributed by atoms with E-state index in [4.69, 9.17) is 11.6 Å². The standard InChI is InChI=1S/C21H28ClFO/c1-20-10-7-16-14(15(20)5-3-13(20)9-12-22)4-6-17-19(23)18(24)8-11-21(16,17)2/h6,8,11,13-16,19H,3-5,7,9-10,12H2,1-2H3/t13-,14+,15+,16+,19+,20-,21-/m1/s1. The Morgan fingerprint density at radius 2 is 2.04 bits per heavy atom. The number of alkyl halides is 2. The van der Waals surface area contributed by atoms with Crippen LogP contribution in [0.25, 0.3) is 0 Å². The van der Waals surface area contributed by atoms with Crippen molar-refractivity contribution in [1.82, 2.24) is 0 Å². The van der Waals surface area contributed by atoms with Crippen LogP contribution in [0, 0.1) is 34.5 Å².